The van der Waals surface area contributed by atoms with Crippen LogP contribution in [0.5, 0.6) is 0 Å². The van der Waals surface area contributed by atoms with Gasteiger partial charge in [0.25, 0.3) is 5.91 Å². The van der Waals surface area contributed by atoms with Crippen molar-refractivity contribution in [1.82, 2.24) is 20.3 Å². The highest BCUT2D eigenvalue weighted by Crippen LogP contribution is 2.24. The summed E-state index contributed by atoms with van der Waals surface area (Å²) in [6.45, 7) is 4.73. The molecule has 1 aliphatic carbocycles. The second-order valence-corrected chi connectivity index (χ2v) is 11.0. The zero-order valence-electron chi connectivity index (χ0n) is 25.9. The number of carbonyl (C=O) groups excluding carboxylic acids is 2. The number of carbonyl (C=O) groups is 2. The number of anilines is 3. The number of hydrogen-bond donors (Lipinski definition) is 5. The van der Waals surface area contributed by atoms with E-state index in [2.05, 4.69) is 36.2 Å². The Morgan fingerprint density at radius 1 is 0.778 bits per heavy atom. The first-order valence-corrected chi connectivity index (χ1v) is 15.9. The van der Waals surface area contributed by atoms with Gasteiger partial charge in [0.2, 0.25) is 17.8 Å². The minimum absolute atomic E-state index is 0.154. The smallest absolute Gasteiger partial charge is 0.251 e. The van der Waals surface area contributed by atoms with Crippen molar-refractivity contribution in [2.45, 2.75) is 45.1 Å². The first-order valence-electron chi connectivity index (χ1n) is 15.9. The maximum absolute atomic E-state index is 12.5. The zero-order chi connectivity index (χ0) is 31.5. The summed E-state index contributed by atoms with van der Waals surface area (Å²) in [5, 5.41) is 12.9. The minimum atomic E-state index is -0.154. The van der Waals surface area contributed by atoms with Crippen molar-refractivity contribution >= 4 is 30.0 Å². The van der Waals surface area contributed by atoms with E-state index in [4.69, 9.17) is 15.2 Å². The third-order valence-corrected chi connectivity index (χ3v) is 7.55. The van der Waals surface area contributed by atoms with Crippen molar-refractivity contribution in [2.75, 3.05) is 68.6 Å². The van der Waals surface area contributed by atoms with Gasteiger partial charge < -0.3 is 36.5 Å². The Balaban J connectivity index is 1.28. The number of nitrogens with two attached hydrogens (primary N) is 1. The SMILES string of the molecule is NCCOCCOCCNC(=O)c1ccc(CNc2nc(NCCc3ccc(C=O)cc3)nc(NCC3CCCCC3)n2)cc1. The quantitative estimate of drug-likeness (QED) is 0.0927. The van der Waals surface area contributed by atoms with Crippen LogP contribution in [-0.4, -0.2) is 79.8 Å². The highest BCUT2D eigenvalue weighted by Gasteiger charge is 2.15. The lowest BCUT2D eigenvalue weighted by Crippen LogP contribution is -2.27. The number of benzene rings is 2. The number of rotatable bonds is 20. The van der Waals surface area contributed by atoms with Gasteiger partial charge in [-0.05, 0) is 48.4 Å². The minimum Gasteiger partial charge on any atom is -0.378 e. The topological polar surface area (TPSA) is 165 Å². The summed E-state index contributed by atoms with van der Waals surface area (Å²) in [6, 6.07) is 15.0. The summed E-state index contributed by atoms with van der Waals surface area (Å²) in [5.41, 5.74) is 8.71. The Hall–Kier alpha value is -4.13. The molecule has 45 heavy (non-hydrogen) atoms. The van der Waals surface area contributed by atoms with Crippen LogP contribution in [-0.2, 0) is 22.4 Å². The predicted octanol–water partition coefficient (Wildman–Crippen LogP) is 3.66. The summed E-state index contributed by atoms with van der Waals surface area (Å²) < 4.78 is 10.7. The molecule has 1 saturated carbocycles. The molecule has 1 aliphatic rings. The molecule has 4 rings (SSSR count). The number of hydrogen-bond acceptors (Lipinski definition) is 11. The standard InChI is InChI=1S/C33H46N8O4/c34-15-18-44-20-21-45-19-17-35-30(43)29-12-10-27(11-13-29)23-38-33-40-31(36-16-14-25-6-8-28(24-42)9-7-25)39-32(41-33)37-22-26-4-2-1-3-5-26/h6-13,24,26H,1-5,14-23,34H2,(H,35,43)(H3,36,37,38,39,40,41). The fourth-order valence-corrected chi connectivity index (χ4v) is 5.02. The molecule has 12 heteroatoms. The highest BCUT2D eigenvalue weighted by atomic mass is 16.5. The molecule has 0 aliphatic heterocycles. The molecule has 2 aromatic carbocycles. The summed E-state index contributed by atoms with van der Waals surface area (Å²) in [4.78, 5) is 37.3. The summed E-state index contributed by atoms with van der Waals surface area (Å²) >= 11 is 0. The predicted molar refractivity (Wildman–Crippen MR) is 176 cm³/mol. The Labute approximate surface area is 265 Å². The lowest BCUT2D eigenvalue weighted by molar-refractivity contribution is 0.0511. The van der Waals surface area contributed by atoms with Crippen LogP contribution in [0.4, 0.5) is 17.8 Å². The van der Waals surface area contributed by atoms with E-state index < -0.39 is 0 Å². The first kappa shape index (κ1) is 33.8. The molecule has 0 unspecified atom stereocenters. The van der Waals surface area contributed by atoms with Crippen LogP contribution in [0.15, 0.2) is 48.5 Å². The first-order chi connectivity index (χ1) is 22.1. The zero-order valence-corrected chi connectivity index (χ0v) is 25.9. The van der Waals surface area contributed by atoms with Crippen LogP contribution in [0.3, 0.4) is 0 Å². The van der Waals surface area contributed by atoms with Gasteiger partial charge in [0, 0.05) is 43.9 Å². The average Bonchev–Trinajstić information content (AvgIpc) is 3.08. The summed E-state index contributed by atoms with van der Waals surface area (Å²) in [7, 11) is 0. The number of ether oxygens (including phenoxy) is 2. The third kappa shape index (κ3) is 12.4. The fourth-order valence-electron chi connectivity index (χ4n) is 5.02. The molecule has 6 N–H and O–H groups in total. The normalized spacial score (nSPS) is 13.3. The lowest BCUT2D eigenvalue weighted by atomic mass is 9.89. The number of aromatic nitrogens is 3. The van der Waals surface area contributed by atoms with Gasteiger partial charge in [-0.2, -0.15) is 15.0 Å². The maximum Gasteiger partial charge on any atom is 0.251 e. The number of nitrogens with zero attached hydrogens (tertiary/aromatic N) is 3. The Morgan fingerprint density at radius 3 is 2.11 bits per heavy atom. The number of aldehydes is 1. The molecule has 1 fully saturated rings. The van der Waals surface area contributed by atoms with Crippen molar-refractivity contribution in [1.29, 1.82) is 0 Å². The van der Waals surface area contributed by atoms with Gasteiger partial charge in [-0.15, -0.1) is 0 Å². The van der Waals surface area contributed by atoms with Crippen molar-refractivity contribution in [3.63, 3.8) is 0 Å². The van der Waals surface area contributed by atoms with Crippen LogP contribution >= 0.6 is 0 Å². The molecule has 0 saturated heterocycles. The molecule has 12 nitrogen and oxygen atoms in total. The summed E-state index contributed by atoms with van der Waals surface area (Å²) in [5.74, 6) is 1.96. The van der Waals surface area contributed by atoms with E-state index in [1.54, 1.807) is 12.1 Å². The van der Waals surface area contributed by atoms with E-state index in [0.717, 1.165) is 30.4 Å². The lowest BCUT2D eigenvalue weighted by Gasteiger charge is -2.21. The van der Waals surface area contributed by atoms with Crippen molar-refractivity contribution in [3.05, 3.63) is 70.8 Å². The molecule has 3 aromatic rings. The highest BCUT2D eigenvalue weighted by molar-refractivity contribution is 5.94. The van der Waals surface area contributed by atoms with Gasteiger partial charge in [0.15, 0.2) is 0 Å². The van der Waals surface area contributed by atoms with Crippen LogP contribution in [0.2, 0.25) is 0 Å². The molecule has 1 aromatic heterocycles. The molecule has 1 amide bonds. The van der Waals surface area contributed by atoms with Crippen molar-refractivity contribution < 1.29 is 19.1 Å². The second-order valence-electron chi connectivity index (χ2n) is 11.0. The Kier molecular flexibility index (Phi) is 14.5. The van der Waals surface area contributed by atoms with E-state index in [9.17, 15) is 9.59 Å². The van der Waals surface area contributed by atoms with Crippen LogP contribution in [0.1, 0.15) is 63.9 Å². The average molecular weight is 619 g/mol. The molecular formula is C33H46N8O4. The van der Waals surface area contributed by atoms with Crippen LogP contribution < -0.4 is 27.0 Å². The molecule has 242 valence electrons. The molecule has 0 radical (unpaired) electrons. The van der Waals surface area contributed by atoms with E-state index in [-0.39, 0.29) is 5.91 Å². The second kappa shape index (κ2) is 19.3. The van der Waals surface area contributed by atoms with Crippen LogP contribution in [0, 0.1) is 5.92 Å². The third-order valence-electron chi connectivity index (χ3n) is 7.55. The number of amides is 1. The van der Waals surface area contributed by atoms with Gasteiger partial charge in [0.1, 0.15) is 6.29 Å². The molecule has 1 heterocycles. The van der Waals surface area contributed by atoms with Crippen molar-refractivity contribution in [3.8, 4) is 0 Å². The van der Waals surface area contributed by atoms with Crippen molar-refractivity contribution in [2.24, 2.45) is 11.7 Å². The van der Waals surface area contributed by atoms with Crippen LogP contribution in [0.25, 0.3) is 0 Å². The molecule has 0 spiro atoms. The Morgan fingerprint density at radius 2 is 1.42 bits per heavy atom. The Bertz CT molecular complexity index is 1300. The van der Waals surface area contributed by atoms with Gasteiger partial charge in [-0.3, -0.25) is 9.59 Å². The van der Waals surface area contributed by atoms with Gasteiger partial charge in [-0.1, -0.05) is 55.7 Å². The van der Waals surface area contributed by atoms with E-state index in [1.807, 2.05) is 36.4 Å². The van der Waals surface area contributed by atoms with Gasteiger partial charge >= 0.3 is 0 Å². The molecular weight excluding hydrogens is 572 g/mol. The van der Waals surface area contributed by atoms with Gasteiger partial charge in [0.05, 0.1) is 26.4 Å². The molecule has 0 atom stereocenters. The summed E-state index contributed by atoms with van der Waals surface area (Å²) in [6.07, 6.45) is 7.92. The maximum atomic E-state index is 12.5. The van der Waals surface area contributed by atoms with E-state index in [0.29, 0.717) is 87.5 Å². The fraction of sp³-hybridized carbons (Fsp3) is 0.485. The van der Waals surface area contributed by atoms with Gasteiger partial charge in [-0.25, -0.2) is 0 Å². The monoisotopic (exact) mass is 618 g/mol. The van der Waals surface area contributed by atoms with E-state index in [1.165, 1.54) is 32.1 Å². The largest absolute Gasteiger partial charge is 0.378 e. The number of nitrogens with one attached hydrogen (secondary N) is 4. The molecule has 0 bridgehead atoms. The van der Waals surface area contributed by atoms with E-state index >= 15 is 0 Å².